The maximum atomic E-state index is 5.33. The number of aromatic nitrogens is 1. The van der Waals surface area contributed by atoms with Gasteiger partial charge in [0, 0.05) is 43.8 Å². The molecule has 1 aliphatic rings. The first-order valence-corrected chi connectivity index (χ1v) is 6.99. The minimum Gasteiger partial charge on any atom is -0.301 e. The first-order chi connectivity index (χ1) is 8.31. The third-order valence-corrected chi connectivity index (χ3v) is 3.97. The number of hydrogen-bond donors (Lipinski definition) is 2. The molecule has 0 radical (unpaired) electrons. The van der Waals surface area contributed by atoms with Crippen LogP contribution in [0.15, 0.2) is 6.20 Å². The number of rotatable bonds is 5. The van der Waals surface area contributed by atoms with Crippen LogP contribution >= 0.6 is 11.3 Å². The minimum absolute atomic E-state index is 0.796. The summed E-state index contributed by atoms with van der Waals surface area (Å²) in [7, 11) is 0. The van der Waals surface area contributed by atoms with E-state index in [9.17, 15) is 0 Å². The maximum absolute atomic E-state index is 5.33. The molecule has 0 amide bonds. The highest BCUT2D eigenvalue weighted by atomic mass is 32.1. The van der Waals surface area contributed by atoms with Crippen molar-refractivity contribution >= 4 is 16.5 Å². The molecule has 0 aromatic carbocycles. The van der Waals surface area contributed by atoms with Gasteiger partial charge < -0.3 is 4.90 Å². The second-order valence-electron chi connectivity index (χ2n) is 4.39. The van der Waals surface area contributed by atoms with Crippen molar-refractivity contribution in [3.8, 4) is 0 Å². The molecule has 96 valence electrons. The molecule has 3 N–H and O–H groups in total. The summed E-state index contributed by atoms with van der Waals surface area (Å²) in [5.41, 5.74) is 2.59. The fourth-order valence-electron chi connectivity index (χ4n) is 2.15. The predicted octanol–water partition coefficient (Wildman–Crippen LogP) is 0.956. The molecule has 1 aromatic rings. The van der Waals surface area contributed by atoms with E-state index in [1.165, 1.54) is 30.9 Å². The Balaban J connectivity index is 1.77. The molecular weight excluding hydrogens is 234 g/mol. The van der Waals surface area contributed by atoms with Crippen molar-refractivity contribution in [3.63, 3.8) is 0 Å². The first kappa shape index (κ1) is 12.8. The van der Waals surface area contributed by atoms with E-state index in [0.29, 0.717) is 0 Å². The van der Waals surface area contributed by atoms with Gasteiger partial charge in [0.2, 0.25) is 0 Å². The van der Waals surface area contributed by atoms with Crippen LogP contribution in [-0.4, -0.2) is 47.5 Å². The lowest BCUT2D eigenvalue weighted by molar-refractivity contribution is 0.128. The monoisotopic (exact) mass is 255 g/mol. The Morgan fingerprint density at radius 2 is 2.06 bits per heavy atom. The highest BCUT2D eigenvalue weighted by molar-refractivity contribution is 7.15. The predicted molar refractivity (Wildman–Crippen MR) is 71.9 cm³/mol. The fraction of sp³-hybridized carbons (Fsp3) is 0.727. The molecular formula is C11H21N5S. The summed E-state index contributed by atoms with van der Waals surface area (Å²) in [5, 5.41) is 0.796. The van der Waals surface area contributed by atoms with Gasteiger partial charge in [0.15, 0.2) is 5.13 Å². The summed E-state index contributed by atoms with van der Waals surface area (Å²) in [6.07, 6.45) is 3.17. The van der Waals surface area contributed by atoms with Crippen LogP contribution in [0.3, 0.4) is 0 Å². The molecule has 1 aliphatic heterocycles. The molecule has 2 rings (SSSR count). The van der Waals surface area contributed by atoms with Gasteiger partial charge in [0.05, 0.1) is 0 Å². The molecule has 0 spiro atoms. The van der Waals surface area contributed by atoms with Gasteiger partial charge in [-0.1, -0.05) is 18.3 Å². The number of nitrogens with one attached hydrogen (secondary N) is 1. The van der Waals surface area contributed by atoms with Crippen molar-refractivity contribution in [1.29, 1.82) is 0 Å². The Kier molecular flexibility index (Phi) is 4.73. The van der Waals surface area contributed by atoms with E-state index in [1.807, 2.05) is 6.20 Å². The van der Waals surface area contributed by atoms with Crippen LogP contribution in [-0.2, 0) is 6.54 Å². The number of anilines is 1. The van der Waals surface area contributed by atoms with Crippen LogP contribution in [0.1, 0.15) is 18.2 Å². The molecule has 2 heterocycles. The Morgan fingerprint density at radius 3 is 2.65 bits per heavy atom. The number of nitrogens with zero attached hydrogens (tertiary/aromatic N) is 3. The minimum atomic E-state index is 0.796. The molecule has 0 aliphatic carbocycles. The number of nitrogen functional groups attached to an aromatic ring is 1. The van der Waals surface area contributed by atoms with E-state index in [2.05, 4.69) is 27.1 Å². The van der Waals surface area contributed by atoms with Crippen molar-refractivity contribution in [2.24, 2.45) is 5.84 Å². The van der Waals surface area contributed by atoms with Gasteiger partial charge in [0.1, 0.15) is 0 Å². The third-order valence-electron chi connectivity index (χ3n) is 3.06. The first-order valence-electron chi connectivity index (χ1n) is 6.18. The van der Waals surface area contributed by atoms with Crippen LogP contribution in [0.2, 0.25) is 0 Å². The van der Waals surface area contributed by atoms with Crippen molar-refractivity contribution in [2.75, 3.05) is 38.1 Å². The second kappa shape index (κ2) is 6.30. The molecule has 0 unspecified atom stereocenters. The van der Waals surface area contributed by atoms with Gasteiger partial charge in [-0.3, -0.25) is 10.3 Å². The molecule has 5 nitrogen and oxygen atoms in total. The van der Waals surface area contributed by atoms with E-state index in [0.717, 1.165) is 24.8 Å². The summed E-state index contributed by atoms with van der Waals surface area (Å²) in [6.45, 7) is 9.16. The Bertz CT molecular complexity index is 332. The normalized spacial score (nSPS) is 18.5. The van der Waals surface area contributed by atoms with Gasteiger partial charge in [0.25, 0.3) is 0 Å². The molecule has 0 bridgehead atoms. The summed E-state index contributed by atoms with van der Waals surface area (Å²) in [6, 6.07) is 0. The third kappa shape index (κ3) is 3.64. The van der Waals surface area contributed by atoms with Gasteiger partial charge in [-0.25, -0.2) is 10.8 Å². The standard InChI is InChI=1S/C11H21N5S/c1-2-3-15-4-6-16(7-5-15)9-10-8-13-11(14-12)17-10/h8H,2-7,9,12H2,1H3,(H,13,14). The summed E-state index contributed by atoms with van der Waals surface area (Å²) in [5.74, 6) is 5.33. The number of piperazine rings is 1. The Hall–Kier alpha value is -0.690. The van der Waals surface area contributed by atoms with E-state index in [-0.39, 0.29) is 0 Å². The highest BCUT2D eigenvalue weighted by Crippen LogP contribution is 2.19. The molecule has 0 saturated carbocycles. The molecule has 1 fully saturated rings. The van der Waals surface area contributed by atoms with Crippen molar-refractivity contribution in [1.82, 2.24) is 14.8 Å². The van der Waals surface area contributed by atoms with Gasteiger partial charge in [-0.05, 0) is 13.0 Å². The maximum Gasteiger partial charge on any atom is 0.197 e. The fourth-order valence-corrected chi connectivity index (χ4v) is 2.92. The Labute approximate surface area is 107 Å². The van der Waals surface area contributed by atoms with Crippen molar-refractivity contribution < 1.29 is 0 Å². The largest absolute Gasteiger partial charge is 0.301 e. The number of hydrogen-bond acceptors (Lipinski definition) is 6. The average Bonchev–Trinajstić information content (AvgIpc) is 2.80. The quantitative estimate of drug-likeness (QED) is 0.606. The van der Waals surface area contributed by atoms with Crippen molar-refractivity contribution in [2.45, 2.75) is 19.9 Å². The molecule has 17 heavy (non-hydrogen) atoms. The number of nitrogens with two attached hydrogens (primary N) is 1. The lowest BCUT2D eigenvalue weighted by Gasteiger charge is -2.34. The van der Waals surface area contributed by atoms with Crippen LogP contribution in [0.4, 0.5) is 5.13 Å². The smallest absolute Gasteiger partial charge is 0.197 e. The van der Waals surface area contributed by atoms with Crippen molar-refractivity contribution in [3.05, 3.63) is 11.1 Å². The Morgan fingerprint density at radius 1 is 1.35 bits per heavy atom. The highest BCUT2D eigenvalue weighted by Gasteiger charge is 2.16. The van der Waals surface area contributed by atoms with Crippen LogP contribution in [0.5, 0.6) is 0 Å². The van der Waals surface area contributed by atoms with Gasteiger partial charge in [-0.15, -0.1) is 0 Å². The average molecular weight is 255 g/mol. The van der Waals surface area contributed by atoms with E-state index < -0.39 is 0 Å². The molecule has 1 aromatic heterocycles. The van der Waals surface area contributed by atoms with Crippen LogP contribution in [0, 0.1) is 0 Å². The summed E-state index contributed by atoms with van der Waals surface area (Å²) < 4.78 is 0. The zero-order valence-corrected chi connectivity index (χ0v) is 11.2. The summed E-state index contributed by atoms with van der Waals surface area (Å²) in [4.78, 5) is 10.5. The van der Waals surface area contributed by atoms with Gasteiger partial charge >= 0.3 is 0 Å². The second-order valence-corrected chi connectivity index (χ2v) is 5.51. The van der Waals surface area contributed by atoms with Crippen LogP contribution < -0.4 is 11.3 Å². The summed E-state index contributed by atoms with van der Waals surface area (Å²) >= 11 is 1.64. The van der Waals surface area contributed by atoms with E-state index in [4.69, 9.17) is 5.84 Å². The van der Waals surface area contributed by atoms with Gasteiger partial charge in [-0.2, -0.15) is 0 Å². The zero-order chi connectivity index (χ0) is 12.1. The molecule has 6 heteroatoms. The molecule has 0 atom stereocenters. The lowest BCUT2D eigenvalue weighted by Crippen LogP contribution is -2.45. The topological polar surface area (TPSA) is 57.4 Å². The zero-order valence-electron chi connectivity index (χ0n) is 10.4. The lowest BCUT2D eigenvalue weighted by atomic mass is 10.3. The number of hydrazine groups is 1. The number of thiazole rings is 1. The van der Waals surface area contributed by atoms with E-state index >= 15 is 0 Å². The van der Waals surface area contributed by atoms with E-state index in [1.54, 1.807) is 11.3 Å². The molecule has 1 saturated heterocycles. The SMILES string of the molecule is CCCN1CCN(Cc2cnc(NN)s2)CC1. The van der Waals surface area contributed by atoms with Crippen LogP contribution in [0.25, 0.3) is 0 Å².